The Balaban J connectivity index is 1.31. The van der Waals surface area contributed by atoms with Gasteiger partial charge in [0, 0.05) is 13.8 Å². The number of carbonyl (C=O) groups excluding carboxylic acids is 2. The number of aliphatic hydroxyl groups excluding tert-OH is 1. The van der Waals surface area contributed by atoms with Crippen LogP contribution < -0.4 is 4.74 Å². The predicted octanol–water partition coefficient (Wildman–Crippen LogP) is 5.68. The van der Waals surface area contributed by atoms with Gasteiger partial charge in [-0.15, -0.1) is 0 Å². The average molecular weight is 801 g/mol. The summed E-state index contributed by atoms with van der Waals surface area (Å²) in [4.78, 5) is 25.6. The van der Waals surface area contributed by atoms with E-state index in [2.05, 4.69) is 0 Å². The third-order valence-corrected chi connectivity index (χ3v) is 9.80. The molecule has 0 saturated carbocycles. The van der Waals surface area contributed by atoms with E-state index in [1.165, 1.54) is 13.8 Å². The van der Waals surface area contributed by atoms with Crippen LogP contribution in [0, 0.1) is 0 Å². The molecule has 4 aromatic rings. The Morgan fingerprint density at radius 1 is 0.569 bits per heavy atom. The van der Waals surface area contributed by atoms with Crippen molar-refractivity contribution in [2.75, 3.05) is 13.7 Å². The maximum Gasteiger partial charge on any atom is 0.303 e. The molecule has 2 fully saturated rings. The third kappa shape index (κ3) is 11.9. The second kappa shape index (κ2) is 21.3. The summed E-state index contributed by atoms with van der Waals surface area (Å²) in [6, 6.07) is 35.9. The second-order valence-electron chi connectivity index (χ2n) is 14.2. The second-order valence-corrected chi connectivity index (χ2v) is 14.2. The highest BCUT2D eigenvalue weighted by Crippen LogP contribution is 2.35. The quantitative estimate of drug-likeness (QED) is 0.123. The minimum absolute atomic E-state index is 0.0616. The Kier molecular flexibility index (Phi) is 15.8. The van der Waals surface area contributed by atoms with Crippen molar-refractivity contribution >= 4 is 11.9 Å². The third-order valence-electron chi connectivity index (χ3n) is 9.80. The summed E-state index contributed by atoms with van der Waals surface area (Å²) in [6.07, 6.45) is -11.0. The molecule has 0 spiro atoms. The van der Waals surface area contributed by atoms with Gasteiger partial charge in [0.25, 0.3) is 0 Å². The van der Waals surface area contributed by atoms with Gasteiger partial charge >= 0.3 is 11.9 Å². The largest absolute Gasteiger partial charge is 0.497 e. The molecule has 0 aromatic heterocycles. The summed E-state index contributed by atoms with van der Waals surface area (Å²) < 4.78 is 62.0. The Morgan fingerprint density at radius 3 is 1.59 bits per heavy atom. The first-order valence-electron chi connectivity index (χ1n) is 19.3. The van der Waals surface area contributed by atoms with Crippen molar-refractivity contribution in [1.82, 2.24) is 0 Å². The molecule has 13 nitrogen and oxygen atoms in total. The standard InChI is InChI=1S/C45H52O13/c1-29-38(51-25-33-16-10-6-11-17-33)40(52-27-35-20-22-36(49-4)23-21-35)43(56-31(3)47)45(54-29)58-41-39(55-30(2)46)37(28-50-24-32-14-8-5-9-15-32)57-44(48)42(41)53-26-34-18-12-7-13-19-34/h5-23,29,37-45,48H,24-28H2,1-4H3/t29-,37+,38-,39-,40+,41-,42+,43+,44+,45-/m0/s1. The van der Waals surface area contributed by atoms with Crippen LogP contribution in [-0.4, -0.2) is 92.2 Å². The molecule has 2 aliphatic rings. The minimum Gasteiger partial charge on any atom is -0.497 e. The number of rotatable bonds is 18. The number of aliphatic hydroxyl groups is 1. The maximum atomic E-state index is 12.9. The zero-order chi connectivity index (χ0) is 40.9. The summed E-state index contributed by atoms with van der Waals surface area (Å²) in [5.74, 6) is -0.560. The molecule has 2 heterocycles. The molecule has 0 amide bonds. The Labute approximate surface area is 339 Å². The van der Waals surface area contributed by atoms with Crippen LogP contribution in [0.3, 0.4) is 0 Å². The fourth-order valence-electron chi connectivity index (χ4n) is 6.98. The van der Waals surface area contributed by atoms with Crippen molar-refractivity contribution < 1.29 is 62.1 Å². The molecule has 0 unspecified atom stereocenters. The van der Waals surface area contributed by atoms with E-state index in [9.17, 15) is 14.7 Å². The summed E-state index contributed by atoms with van der Waals surface area (Å²) in [6.45, 7) is 4.92. The van der Waals surface area contributed by atoms with E-state index in [0.717, 1.165) is 22.3 Å². The molecule has 2 aliphatic heterocycles. The Hall–Kier alpha value is -4.70. The van der Waals surface area contributed by atoms with Crippen LogP contribution >= 0.6 is 0 Å². The normalized spacial score (nSPS) is 27.1. The molecule has 6 rings (SSSR count). The van der Waals surface area contributed by atoms with E-state index < -0.39 is 73.4 Å². The molecule has 2 saturated heterocycles. The molecule has 58 heavy (non-hydrogen) atoms. The highest BCUT2D eigenvalue weighted by Gasteiger charge is 2.54. The van der Waals surface area contributed by atoms with Crippen LogP contribution in [0.1, 0.15) is 43.0 Å². The number of methoxy groups -OCH3 is 1. The number of hydrogen-bond acceptors (Lipinski definition) is 13. The van der Waals surface area contributed by atoms with E-state index in [1.807, 2.05) is 122 Å². The lowest BCUT2D eigenvalue weighted by atomic mass is 9.96. The van der Waals surface area contributed by atoms with Crippen molar-refractivity contribution in [3.63, 3.8) is 0 Å². The fourth-order valence-corrected chi connectivity index (χ4v) is 6.98. The SMILES string of the molecule is COc1ccc(CO[C@@H]2[C@@H](OCc3ccccc3)[C@H](C)O[C@@H](O[C@@H]3[C@@H](OCc4ccccc4)[C@H](O)O[C@H](COCc4ccccc4)[C@@H]3OC(C)=O)[C@@H]2OC(C)=O)cc1. The van der Waals surface area contributed by atoms with Gasteiger partial charge in [-0.25, -0.2) is 0 Å². The smallest absolute Gasteiger partial charge is 0.303 e. The molecular formula is C45H52O13. The molecule has 10 atom stereocenters. The fraction of sp³-hybridized carbons (Fsp3) is 0.422. The highest BCUT2D eigenvalue weighted by atomic mass is 16.8. The van der Waals surface area contributed by atoms with Crippen molar-refractivity contribution in [2.24, 2.45) is 0 Å². The number of carbonyl (C=O) groups is 2. The van der Waals surface area contributed by atoms with Crippen LogP contribution in [0.15, 0.2) is 115 Å². The van der Waals surface area contributed by atoms with Gasteiger partial charge < -0.3 is 52.5 Å². The molecule has 0 bridgehead atoms. The van der Waals surface area contributed by atoms with Gasteiger partial charge in [-0.05, 0) is 41.3 Å². The first-order valence-corrected chi connectivity index (χ1v) is 19.3. The molecular weight excluding hydrogens is 748 g/mol. The van der Waals surface area contributed by atoms with Gasteiger partial charge in [-0.2, -0.15) is 0 Å². The van der Waals surface area contributed by atoms with Gasteiger partial charge in [0.15, 0.2) is 24.8 Å². The molecule has 0 aliphatic carbocycles. The zero-order valence-corrected chi connectivity index (χ0v) is 33.1. The monoisotopic (exact) mass is 800 g/mol. The van der Waals surface area contributed by atoms with Crippen molar-refractivity contribution in [3.8, 4) is 5.75 Å². The zero-order valence-electron chi connectivity index (χ0n) is 33.1. The van der Waals surface area contributed by atoms with Crippen molar-refractivity contribution in [1.29, 1.82) is 0 Å². The van der Waals surface area contributed by atoms with Gasteiger partial charge in [-0.3, -0.25) is 9.59 Å². The number of ether oxygens (including phenoxy) is 10. The first-order chi connectivity index (χ1) is 28.2. The maximum absolute atomic E-state index is 12.9. The van der Waals surface area contributed by atoms with E-state index >= 15 is 0 Å². The molecule has 0 radical (unpaired) electrons. The summed E-state index contributed by atoms with van der Waals surface area (Å²) in [5.41, 5.74) is 3.48. The Morgan fingerprint density at radius 2 is 1.05 bits per heavy atom. The molecule has 310 valence electrons. The lowest BCUT2D eigenvalue weighted by Crippen LogP contribution is -2.66. The van der Waals surface area contributed by atoms with Gasteiger partial charge in [0.1, 0.15) is 36.3 Å². The lowest BCUT2D eigenvalue weighted by molar-refractivity contribution is -0.364. The van der Waals surface area contributed by atoms with E-state index in [-0.39, 0.29) is 33.0 Å². The van der Waals surface area contributed by atoms with Crippen LogP contribution in [0.2, 0.25) is 0 Å². The van der Waals surface area contributed by atoms with Gasteiger partial charge in [0.2, 0.25) is 0 Å². The van der Waals surface area contributed by atoms with E-state index in [1.54, 1.807) is 7.11 Å². The number of hydrogen-bond donors (Lipinski definition) is 1. The van der Waals surface area contributed by atoms with Crippen molar-refractivity contribution in [3.05, 3.63) is 138 Å². The topological polar surface area (TPSA) is 147 Å². The summed E-state index contributed by atoms with van der Waals surface area (Å²) in [7, 11) is 1.59. The summed E-state index contributed by atoms with van der Waals surface area (Å²) in [5, 5.41) is 11.6. The summed E-state index contributed by atoms with van der Waals surface area (Å²) >= 11 is 0. The molecule has 1 N–H and O–H groups in total. The van der Waals surface area contributed by atoms with Crippen LogP contribution in [0.4, 0.5) is 0 Å². The lowest BCUT2D eigenvalue weighted by Gasteiger charge is -2.48. The van der Waals surface area contributed by atoms with Gasteiger partial charge in [-0.1, -0.05) is 103 Å². The molecule has 4 aromatic carbocycles. The van der Waals surface area contributed by atoms with Crippen molar-refractivity contribution in [2.45, 2.75) is 109 Å². The Bertz CT molecular complexity index is 1830. The predicted molar refractivity (Wildman–Crippen MR) is 209 cm³/mol. The van der Waals surface area contributed by atoms with Gasteiger partial charge in [0.05, 0.1) is 46.2 Å². The number of esters is 2. The highest BCUT2D eigenvalue weighted by molar-refractivity contribution is 5.66. The van der Waals surface area contributed by atoms with Crippen LogP contribution in [0.5, 0.6) is 5.75 Å². The molecule has 13 heteroatoms. The van der Waals surface area contributed by atoms with E-state index in [0.29, 0.717) is 5.75 Å². The first kappa shape index (κ1) is 42.9. The average Bonchev–Trinajstić information content (AvgIpc) is 3.22. The van der Waals surface area contributed by atoms with Crippen LogP contribution in [0.25, 0.3) is 0 Å². The minimum atomic E-state index is -1.55. The van der Waals surface area contributed by atoms with Crippen LogP contribution in [-0.2, 0) is 78.6 Å². The van der Waals surface area contributed by atoms with E-state index in [4.69, 9.17) is 47.4 Å². The number of benzene rings is 4.